The molecule has 1 aliphatic heterocycles. The van der Waals surface area contributed by atoms with Gasteiger partial charge in [-0.05, 0) is 44.0 Å². The van der Waals surface area contributed by atoms with Crippen molar-refractivity contribution in [3.63, 3.8) is 0 Å². The van der Waals surface area contributed by atoms with Crippen LogP contribution in [0.5, 0.6) is 0 Å². The van der Waals surface area contributed by atoms with E-state index in [2.05, 4.69) is 11.8 Å². The van der Waals surface area contributed by atoms with Crippen LogP contribution in [0.1, 0.15) is 42.1 Å². The first kappa shape index (κ1) is 14.0. The van der Waals surface area contributed by atoms with E-state index in [1.807, 2.05) is 12.1 Å². The van der Waals surface area contributed by atoms with Crippen molar-refractivity contribution >= 4 is 5.91 Å². The lowest BCUT2D eigenvalue weighted by Crippen LogP contribution is -2.48. The van der Waals surface area contributed by atoms with E-state index < -0.39 is 0 Å². The van der Waals surface area contributed by atoms with Crippen LogP contribution in [0, 0.1) is 0 Å². The highest BCUT2D eigenvalue weighted by Gasteiger charge is 2.25. The quantitative estimate of drug-likeness (QED) is 0.862. The highest BCUT2D eigenvalue weighted by atomic mass is 16.1. The van der Waals surface area contributed by atoms with Crippen LogP contribution in [0.2, 0.25) is 0 Å². The minimum absolute atomic E-state index is 0.199. The van der Waals surface area contributed by atoms with Gasteiger partial charge in [0.1, 0.15) is 0 Å². The Morgan fingerprint density at radius 1 is 1.37 bits per heavy atom. The highest BCUT2D eigenvalue weighted by molar-refractivity contribution is 5.92. The minimum atomic E-state index is -0.377. The van der Waals surface area contributed by atoms with E-state index in [1.165, 1.54) is 24.8 Å². The zero-order chi connectivity index (χ0) is 13.8. The molecule has 4 N–H and O–H groups in total. The van der Waals surface area contributed by atoms with Crippen LogP contribution in [0.25, 0.3) is 0 Å². The van der Waals surface area contributed by atoms with Crippen LogP contribution >= 0.6 is 0 Å². The molecular weight excluding hydrogens is 238 g/mol. The minimum Gasteiger partial charge on any atom is -0.366 e. The molecule has 1 heterocycles. The summed E-state index contributed by atoms with van der Waals surface area (Å²) < 4.78 is 0. The molecule has 4 nitrogen and oxygen atoms in total. The maximum atomic E-state index is 11.0. The van der Waals surface area contributed by atoms with Gasteiger partial charge in [-0.25, -0.2) is 0 Å². The van der Waals surface area contributed by atoms with E-state index in [-0.39, 0.29) is 11.9 Å². The van der Waals surface area contributed by atoms with Crippen molar-refractivity contribution < 1.29 is 4.79 Å². The topological polar surface area (TPSA) is 72.3 Å². The summed E-state index contributed by atoms with van der Waals surface area (Å²) in [5.74, 6) is -0.377. The van der Waals surface area contributed by atoms with E-state index in [0.717, 1.165) is 13.1 Å². The number of hydrogen-bond acceptors (Lipinski definition) is 3. The number of carbonyl (C=O) groups excluding carboxylic acids is 1. The van der Waals surface area contributed by atoms with Crippen molar-refractivity contribution in [2.24, 2.45) is 11.5 Å². The number of benzene rings is 1. The number of carbonyl (C=O) groups is 1. The molecule has 104 valence electrons. The molecule has 1 aliphatic rings. The monoisotopic (exact) mass is 261 g/mol. The van der Waals surface area contributed by atoms with Gasteiger partial charge in [0.2, 0.25) is 5.91 Å². The molecule has 2 unspecified atom stereocenters. The van der Waals surface area contributed by atoms with Crippen molar-refractivity contribution in [1.29, 1.82) is 0 Å². The first-order valence-electron chi connectivity index (χ1n) is 6.96. The Morgan fingerprint density at radius 2 is 2.05 bits per heavy atom. The molecule has 2 rings (SSSR count). The summed E-state index contributed by atoms with van der Waals surface area (Å²) in [5, 5.41) is 0. The van der Waals surface area contributed by atoms with Gasteiger partial charge >= 0.3 is 0 Å². The summed E-state index contributed by atoms with van der Waals surface area (Å²) in [6.45, 7) is 4.08. The van der Waals surface area contributed by atoms with E-state index in [0.29, 0.717) is 11.6 Å². The largest absolute Gasteiger partial charge is 0.366 e. The fourth-order valence-corrected chi connectivity index (χ4v) is 2.82. The molecule has 0 saturated carbocycles. The zero-order valence-corrected chi connectivity index (χ0v) is 11.5. The van der Waals surface area contributed by atoms with Gasteiger partial charge < -0.3 is 11.5 Å². The number of nitrogens with zero attached hydrogens (tertiary/aromatic N) is 1. The number of piperidine rings is 1. The van der Waals surface area contributed by atoms with Crippen LogP contribution in [0.4, 0.5) is 0 Å². The van der Waals surface area contributed by atoms with Crippen LogP contribution in [-0.2, 0) is 6.54 Å². The van der Waals surface area contributed by atoms with Gasteiger partial charge in [0.05, 0.1) is 0 Å². The fraction of sp³-hybridized carbons (Fsp3) is 0.533. The van der Waals surface area contributed by atoms with Gasteiger partial charge in [0.25, 0.3) is 0 Å². The number of primary amides is 1. The van der Waals surface area contributed by atoms with Gasteiger partial charge in [-0.1, -0.05) is 18.6 Å². The molecular formula is C15H23N3O. The molecule has 0 bridgehead atoms. The second-order valence-corrected chi connectivity index (χ2v) is 5.45. The molecule has 1 aromatic rings. The van der Waals surface area contributed by atoms with E-state index in [1.54, 1.807) is 12.1 Å². The van der Waals surface area contributed by atoms with Gasteiger partial charge in [-0.3, -0.25) is 9.69 Å². The molecule has 0 aromatic heterocycles. The van der Waals surface area contributed by atoms with Crippen molar-refractivity contribution in [2.45, 2.75) is 44.8 Å². The molecule has 2 atom stereocenters. The molecule has 0 spiro atoms. The lowest BCUT2D eigenvalue weighted by atomic mass is 9.96. The summed E-state index contributed by atoms with van der Waals surface area (Å²) in [6.07, 6.45) is 3.68. The second kappa shape index (κ2) is 6.17. The second-order valence-electron chi connectivity index (χ2n) is 5.45. The highest BCUT2D eigenvalue weighted by Crippen LogP contribution is 2.21. The van der Waals surface area contributed by atoms with E-state index in [9.17, 15) is 4.79 Å². The SMILES string of the molecule is CC(N)C1CCCCN1Cc1ccc(C(N)=O)cc1. The lowest BCUT2D eigenvalue weighted by Gasteiger charge is -2.38. The van der Waals surface area contributed by atoms with Gasteiger partial charge in [-0.2, -0.15) is 0 Å². The number of amides is 1. The number of hydrogen-bond donors (Lipinski definition) is 2. The van der Waals surface area contributed by atoms with E-state index >= 15 is 0 Å². The number of likely N-dealkylation sites (tertiary alicyclic amines) is 1. The van der Waals surface area contributed by atoms with Crippen LogP contribution < -0.4 is 11.5 Å². The van der Waals surface area contributed by atoms with Gasteiger partial charge in [0.15, 0.2) is 0 Å². The first-order chi connectivity index (χ1) is 9.08. The average molecular weight is 261 g/mol. The molecule has 4 heteroatoms. The van der Waals surface area contributed by atoms with Gasteiger partial charge in [-0.15, -0.1) is 0 Å². The lowest BCUT2D eigenvalue weighted by molar-refractivity contribution is 0.1000. The predicted molar refractivity (Wildman–Crippen MR) is 76.7 cm³/mol. The maximum absolute atomic E-state index is 11.0. The Labute approximate surface area is 114 Å². The van der Waals surface area contributed by atoms with Crippen molar-refractivity contribution in [3.8, 4) is 0 Å². The normalized spacial score (nSPS) is 22.1. The van der Waals surface area contributed by atoms with Crippen LogP contribution in [0.15, 0.2) is 24.3 Å². The summed E-state index contributed by atoms with van der Waals surface area (Å²) in [6, 6.07) is 8.21. The smallest absolute Gasteiger partial charge is 0.248 e. The van der Waals surface area contributed by atoms with Crippen molar-refractivity contribution in [2.75, 3.05) is 6.54 Å². The van der Waals surface area contributed by atoms with E-state index in [4.69, 9.17) is 11.5 Å². The number of nitrogens with two attached hydrogens (primary N) is 2. The van der Waals surface area contributed by atoms with Crippen molar-refractivity contribution in [1.82, 2.24) is 4.90 Å². The third kappa shape index (κ3) is 3.55. The third-order valence-corrected chi connectivity index (χ3v) is 3.90. The van der Waals surface area contributed by atoms with Crippen LogP contribution in [0.3, 0.4) is 0 Å². The Hall–Kier alpha value is -1.39. The zero-order valence-electron chi connectivity index (χ0n) is 11.5. The first-order valence-corrected chi connectivity index (χ1v) is 6.96. The summed E-state index contributed by atoms with van der Waals surface area (Å²) >= 11 is 0. The number of rotatable bonds is 4. The maximum Gasteiger partial charge on any atom is 0.248 e. The molecule has 1 amide bonds. The summed E-state index contributed by atoms with van der Waals surface area (Å²) in [4.78, 5) is 13.5. The Bertz CT molecular complexity index is 428. The Kier molecular flexibility index (Phi) is 4.56. The molecule has 19 heavy (non-hydrogen) atoms. The third-order valence-electron chi connectivity index (χ3n) is 3.90. The molecule has 1 fully saturated rings. The molecule has 0 radical (unpaired) electrons. The molecule has 0 aliphatic carbocycles. The Morgan fingerprint density at radius 3 is 2.63 bits per heavy atom. The van der Waals surface area contributed by atoms with Gasteiger partial charge in [0, 0.05) is 24.2 Å². The average Bonchev–Trinajstić information content (AvgIpc) is 2.39. The summed E-state index contributed by atoms with van der Waals surface area (Å²) in [7, 11) is 0. The standard InChI is InChI=1S/C15H23N3O/c1-11(16)14-4-2-3-9-18(14)10-12-5-7-13(8-6-12)15(17)19/h5-8,11,14H,2-4,9-10,16H2,1H3,(H2,17,19). The predicted octanol–water partition coefficient (Wildman–Crippen LogP) is 1.49. The van der Waals surface area contributed by atoms with Crippen molar-refractivity contribution in [3.05, 3.63) is 35.4 Å². The Balaban J connectivity index is 2.04. The van der Waals surface area contributed by atoms with Crippen LogP contribution in [-0.4, -0.2) is 29.4 Å². The summed E-state index contributed by atoms with van der Waals surface area (Å²) in [5.41, 5.74) is 13.1. The molecule has 1 aromatic carbocycles. The fourth-order valence-electron chi connectivity index (χ4n) is 2.82. The molecule has 1 saturated heterocycles.